The molecule has 3 aliphatic carbocycles. The molecule has 0 spiro atoms. The van der Waals surface area contributed by atoms with Gasteiger partial charge in [0.05, 0.1) is 30.1 Å². The van der Waals surface area contributed by atoms with Gasteiger partial charge in [0.15, 0.2) is 42.4 Å². The SMILES string of the molecule is CC[Si](CC)(CC)O[C@H]1C(=O)[C@]2(C)[C@@H](O[Si](CC)(CC)CC)C[C@H]3OC[C@@]3(OC(C)=O)[C@H]2[C@@H]2OC(=O)CCCCSCCCCC(=O)N[C@@H](c3ccccc3)[C@@H](O[Si](C)(C)C(C)(C)C)C(=O)O[C@H]3C[C@]2(O)C(C)(C)C1=C3C. The first-order valence-electron chi connectivity index (χ1n) is 29.2. The Hall–Kier alpha value is -2.69. The van der Waals surface area contributed by atoms with Crippen LogP contribution in [0.4, 0.5) is 0 Å². The second kappa shape index (κ2) is 24.8. The molecule has 6 rings (SSSR count). The van der Waals surface area contributed by atoms with E-state index in [2.05, 4.69) is 80.7 Å². The number of hydrogen-bond acceptors (Lipinski definition) is 14. The molecule has 5 aliphatic rings. The summed E-state index contributed by atoms with van der Waals surface area (Å²) in [5, 5.41) is 17.5. The highest BCUT2D eigenvalue weighted by atomic mass is 32.2. The third kappa shape index (κ3) is 12.3. The summed E-state index contributed by atoms with van der Waals surface area (Å²) < 4.78 is 49.3. The molecule has 2 saturated carbocycles. The molecule has 0 radical (unpaired) electrons. The van der Waals surface area contributed by atoms with Crippen molar-refractivity contribution in [1.29, 1.82) is 0 Å². The van der Waals surface area contributed by atoms with E-state index in [-0.39, 0.29) is 49.0 Å². The van der Waals surface area contributed by atoms with Gasteiger partial charge in [0.1, 0.15) is 30.0 Å². The average molecular weight is 1140 g/mol. The summed E-state index contributed by atoms with van der Waals surface area (Å²) in [7, 11) is -8.20. The van der Waals surface area contributed by atoms with Crippen molar-refractivity contribution in [2.75, 3.05) is 18.1 Å². The molecule has 0 aromatic heterocycles. The van der Waals surface area contributed by atoms with Gasteiger partial charge in [-0.2, -0.15) is 11.8 Å². The lowest BCUT2D eigenvalue weighted by molar-refractivity contribution is -0.346. The van der Waals surface area contributed by atoms with Gasteiger partial charge >= 0.3 is 17.9 Å². The van der Waals surface area contributed by atoms with E-state index in [0.29, 0.717) is 47.7 Å². The largest absolute Gasteiger partial charge is 0.459 e. The van der Waals surface area contributed by atoms with Crippen molar-refractivity contribution >= 4 is 66.3 Å². The maximum atomic E-state index is 17.2. The lowest BCUT2D eigenvalue weighted by atomic mass is 9.44. The molecule has 11 atom stereocenters. The molecule has 2 aliphatic heterocycles. The van der Waals surface area contributed by atoms with E-state index in [1.165, 1.54) is 6.92 Å². The average Bonchev–Trinajstić information content (AvgIpc) is 3.37. The van der Waals surface area contributed by atoms with E-state index < -0.39 is 113 Å². The van der Waals surface area contributed by atoms with Crippen LogP contribution >= 0.6 is 11.8 Å². The van der Waals surface area contributed by atoms with Crippen LogP contribution in [0.1, 0.15) is 160 Å². The second-order valence-electron chi connectivity index (χ2n) is 25.3. The number of esters is 3. The first-order valence-corrected chi connectivity index (χ1v) is 38.3. The fourth-order valence-electron chi connectivity index (χ4n) is 13.3. The van der Waals surface area contributed by atoms with Crippen molar-refractivity contribution < 1.29 is 61.3 Å². The molecule has 3 bridgehead atoms. The number of rotatable bonds is 14. The molecule has 1 aromatic rings. The Kier molecular flexibility index (Phi) is 20.5. The van der Waals surface area contributed by atoms with Crippen molar-refractivity contribution in [3.05, 3.63) is 47.0 Å². The first kappa shape index (κ1) is 63.5. The fourth-order valence-corrected chi connectivity index (χ4v) is 21.2. The number of amides is 1. The molecule has 14 nitrogen and oxygen atoms in total. The normalized spacial score (nSPS) is 33.2. The summed E-state index contributed by atoms with van der Waals surface area (Å²) in [4.78, 5) is 75.8. The maximum absolute atomic E-state index is 17.2. The molecule has 2 saturated heterocycles. The summed E-state index contributed by atoms with van der Waals surface area (Å²) in [5.41, 5.74) is -5.04. The Morgan fingerprint density at radius 2 is 1.39 bits per heavy atom. The highest BCUT2D eigenvalue weighted by Gasteiger charge is 2.79. The summed E-state index contributed by atoms with van der Waals surface area (Å²) in [6.07, 6.45) is -4.09. The number of carbonyl (C=O) groups is 5. The summed E-state index contributed by atoms with van der Waals surface area (Å²) in [6.45, 7) is 31.8. The Labute approximate surface area is 469 Å². The molecule has 4 fully saturated rings. The van der Waals surface area contributed by atoms with Crippen molar-refractivity contribution in [2.45, 2.75) is 257 Å². The van der Waals surface area contributed by atoms with Gasteiger partial charge < -0.3 is 42.6 Å². The van der Waals surface area contributed by atoms with Crippen LogP contribution in [-0.2, 0) is 56.2 Å². The van der Waals surface area contributed by atoms with E-state index >= 15 is 9.59 Å². The second-order valence-corrected chi connectivity index (χ2v) is 40.7. The van der Waals surface area contributed by atoms with E-state index in [4.69, 9.17) is 32.2 Å². The van der Waals surface area contributed by atoms with E-state index in [0.717, 1.165) is 42.5 Å². The number of carbonyl (C=O) groups excluding carboxylic acids is 5. The van der Waals surface area contributed by atoms with Gasteiger partial charge in [0.25, 0.3) is 0 Å². The topological polar surface area (TPSA) is 182 Å². The van der Waals surface area contributed by atoms with E-state index in [1.54, 1.807) is 11.8 Å². The number of benzene rings is 1. The minimum atomic E-state index is -2.85. The van der Waals surface area contributed by atoms with Crippen LogP contribution in [0.2, 0.25) is 54.4 Å². The molecule has 1 aromatic carbocycles. The van der Waals surface area contributed by atoms with E-state index in [1.807, 2.05) is 58.0 Å². The number of ketones is 1. The van der Waals surface area contributed by atoms with Crippen LogP contribution in [0.3, 0.4) is 0 Å². The number of thioether (sulfide) groups is 1. The third-order valence-electron chi connectivity index (χ3n) is 19.9. The van der Waals surface area contributed by atoms with Crippen LogP contribution in [0.5, 0.6) is 0 Å². The smallest absolute Gasteiger partial charge is 0.337 e. The molecule has 18 heteroatoms. The minimum Gasteiger partial charge on any atom is -0.459 e. The maximum Gasteiger partial charge on any atom is 0.337 e. The van der Waals surface area contributed by atoms with Gasteiger partial charge in [-0.05, 0) is 122 Å². The minimum absolute atomic E-state index is 0.0277. The van der Waals surface area contributed by atoms with Crippen molar-refractivity contribution in [2.24, 2.45) is 16.7 Å². The number of aliphatic hydroxyl groups is 1. The predicted octanol–water partition coefficient (Wildman–Crippen LogP) is 11.7. The van der Waals surface area contributed by atoms with Crippen LogP contribution in [0.25, 0.3) is 0 Å². The zero-order valence-electron chi connectivity index (χ0n) is 49.8. The Balaban J connectivity index is 1.71. The van der Waals surface area contributed by atoms with Crippen molar-refractivity contribution in [3.63, 3.8) is 0 Å². The molecule has 2 N–H and O–H groups in total. The van der Waals surface area contributed by atoms with Gasteiger partial charge in [-0.3, -0.25) is 19.2 Å². The zero-order valence-corrected chi connectivity index (χ0v) is 53.6. The summed E-state index contributed by atoms with van der Waals surface area (Å²) in [6, 6.07) is 12.8. The lowest BCUT2D eigenvalue weighted by Crippen LogP contribution is -2.82. The monoisotopic (exact) mass is 1140 g/mol. The van der Waals surface area contributed by atoms with Gasteiger partial charge in [0.2, 0.25) is 5.91 Å². The number of ether oxygens (including phenoxy) is 4. The molecule has 434 valence electrons. The fraction of sp³-hybridized carbons (Fsp3) is 0.780. The van der Waals surface area contributed by atoms with Gasteiger partial charge in [-0.1, -0.05) is 106 Å². The summed E-state index contributed by atoms with van der Waals surface area (Å²) in [5.74, 6) is -2.07. The number of hydrogen-bond donors (Lipinski definition) is 2. The molecule has 0 unspecified atom stereocenters. The van der Waals surface area contributed by atoms with Gasteiger partial charge in [-0.25, -0.2) is 4.79 Å². The highest BCUT2D eigenvalue weighted by Crippen LogP contribution is 2.65. The highest BCUT2D eigenvalue weighted by molar-refractivity contribution is 7.99. The predicted molar refractivity (Wildman–Crippen MR) is 310 cm³/mol. The van der Waals surface area contributed by atoms with Crippen LogP contribution < -0.4 is 5.32 Å². The van der Waals surface area contributed by atoms with Crippen LogP contribution in [0, 0.1) is 16.7 Å². The number of Topliss-reactive ketones (excluding diaryl/α,β-unsaturated/α-hetero) is 1. The molecule has 77 heavy (non-hydrogen) atoms. The zero-order chi connectivity index (χ0) is 57.2. The van der Waals surface area contributed by atoms with Crippen LogP contribution in [0.15, 0.2) is 41.5 Å². The Bertz CT molecular complexity index is 2280. The number of fused-ring (bicyclic) bond motifs is 6. The third-order valence-corrected chi connectivity index (χ3v) is 34.7. The van der Waals surface area contributed by atoms with Crippen molar-refractivity contribution in [1.82, 2.24) is 5.32 Å². The standard InChI is InChI=1S/C59H97NO13SSi3/c1-17-76(18-2,19-3)71-43-36-44-58(38-67-44,70-40(8)61)51-53-59(66)37-42(39(7)47(56(59,12)13)49(52(64)57(43,51)14)73-77(20-4,21-5)22-6)68-54(65)50(72-75(15,16)55(9,10)11)48(41-30-24-23-25-31-41)60-45(62)32-26-28-34-74-35-29-27-33-46(63)69-53/h23-25,30-31,42-44,48-51,53,66H,17-22,26-29,32-38H2,1-16H3,(H,60,62)/t42-,43-,44+,48-,49+,50+,51-,53-,57+,58-,59+/m0/s1. The molecule has 1 amide bonds. The Morgan fingerprint density at radius 1 is 0.818 bits per heavy atom. The quantitative estimate of drug-likeness (QED) is 0.0777. The Morgan fingerprint density at radius 3 is 1.92 bits per heavy atom. The van der Waals surface area contributed by atoms with Gasteiger partial charge in [-0.15, -0.1) is 0 Å². The molecular weight excluding hydrogens is 1050 g/mol. The first-order chi connectivity index (χ1) is 36.1. The van der Waals surface area contributed by atoms with Crippen LogP contribution in [-0.4, -0.2) is 126 Å². The van der Waals surface area contributed by atoms with E-state index in [9.17, 15) is 19.5 Å². The molecule has 2 heterocycles. The van der Waals surface area contributed by atoms with Gasteiger partial charge in [0, 0.05) is 38.0 Å². The summed E-state index contributed by atoms with van der Waals surface area (Å²) >= 11 is 1.76. The van der Waals surface area contributed by atoms with Crippen molar-refractivity contribution in [3.8, 4) is 0 Å². The molecular formula is C59H97NO13SSi3. The number of nitrogens with one attached hydrogen (secondary N) is 1. The lowest BCUT2D eigenvalue weighted by Gasteiger charge is -2.68.